The first-order valence-electron chi connectivity index (χ1n) is 8.84. The molecule has 0 aromatic heterocycles. The van der Waals surface area contributed by atoms with Crippen molar-refractivity contribution in [2.75, 3.05) is 19.7 Å². The van der Waals surface area contributed by atoms with Gasteiger partial charge in [0.25, 0.3) is 0 Å². The van der Waals surface area contributed by atoms with E-state index in [9.17, 15) is 4.79 Å². The van der Waals surface area contributed by atoms with E-state index in [0.717, 1.165) is 44.8 Å². The second-order valence-electron chi connectivity index (χ2n) is 6.54. The third-order valence-corrected chi connectivity index (χ3v) is 4.95. The molecular formula is C17H32N2O2. The lowest BCUT2D eigenvalue weighted by atomic mass is 9.78. The van der Waals surface area contributed by atoms with E-state index >= 15 is 0 Å². The Morgan fingerprint density at radius 1 is 1.24 bits per heavy atom. The maximum Gasteiger partial charge on any atom is 0.326 e. The zero-order chi connectivity index (χ0) is 15.3. The van der Waals surface area contributed by atoms with Crippen LogP contribution in [0.2, 0.25) is 0 Å². The second kappa shape index (κ2) is 7.59. The molecule has 2 fully saturated rings. The van der Waals surface area contributed by atoms with Crippen molar-refractivity contribution in [1.29, 1.82) is 0 Å². The molecule has 2 rings (SSSR count). The fourth-order valence-corrected chi connectivity index (χ4v) is 3.80. The predicted octanol–water partition coefficient (Wildman–Crippen LogP) is 2.71. The molecule has 1 N–H and O–H groups in total. The van der Waals surface area contributed by atoms with Crippen LogP contribution in [0.25, 0.3) is 0 Å². The third kappa shape index (κ3) is 3.98. The van der Waals surface area contributed by atoms with Crippen LogP contribution in [-0.2, 0) is 9.53 Å². The van der Waals surface area contributed by atoms with Crippen LogP contribution in [0.3, 0.4) is 0 Å². The molecule has 0 amide bonds. The summed E-state index contributed by atoms with van der Waals surface area (Å²) in [6.07, 6.45) is 7.88. The van der Waals surface area contributed by atoms with Crippen molar-refractivity contribution in [3.63, 3.8) is 0 Å². The lowest BCUT2D eigenvalue weighted by molar-refractivity contribution is -0.154. The topological polar surface area (TPSA) is 41.6 Å². The molecule has 0 saturated heterocycles. The Labute approximate surface area is 129 Å². The van der Waals surface area contributed by atoms with Gasteiger partial charge in [-0.3, -0.25) is 9.69 Å². The Morgan fingerprint density at radius 2 is 2.00 bits per heavy atom. The summed E-state index contributed by atoms with van der Waals surface area (Å²) in [5.41, 5.74) is -0.447. The number of ether oxygens (including phenoxy) is 1. The van der Waals surface area contributed by atoms with Crippen molar-refractivity contribution in [2.45, 2.75) is 83.3 Å². The zero-order valence-electron chi connectivity index (χ0n) is 14.0. The van der Waals surface area contributed by atoms with E-state index in [1.807, 2.05) is 6.92 Å². The second-order valence-corrected chi connectivity index (χ2v) is 6.54. The molecule has 4 heteroatoms. The number of rotatable bonds is 8. The summed E-state index contributed by atoms with van der Waals surface area (Å²) in [6.45, 7) is 8.75. The molecule has 0 aromatic carbocycles. The van der Waals surface area contributed by atoms with E-state index in [-0.39, 0.29) is 5.97 Å². The first-order valence-corrected chi connectivity index (χ1v) is 8.84. The van der Waals surface area contributed by atoms with Crippen molar-refractivity contribution in [3.8, 4) is 0 Å². The van der Waals surface area contributed by atoms with Crippen molar-refractivity contribution >= 4 is 5.97 Å². The van der Waals surface area contributed by atoms with Gasteiger partial charge in [0, 0.05) is 12.1 Å². The van der Waals surface area contributed by atoms with Crippen LogP contribution in [-0.4, -0.2) is 48.2 Å². The standard InChI is InChI=1S/C17H32N2O2/c1-4-12-18-17(16(20)21-6-3)11-7-8-15(13-17)19(5-2)14-9-10-14/h14-15,18H,4-13H2,1-3H3. The van der Waals surface area contributed by atoms with Gasteiger partial charge in [-0.15, -0.1) is 0 Å². The van der Waals surface area contributed by atoms with Gasteiger partial charge in [-0.05, 0) is 65.0 Å². The Bertz CT molecular complexity index is 344. The predicted molar refractivity (Wildman–Crippen MR) is 85.3 cm³/mol. The summed E-state index contributed by atoms with van der Waals surface area (Å²) < 4.78 is 5.40. The third-order valence-electron chi connectivity index (χ3n) is 4.95. The molecule has 21 heavy (non-hydrogen) atoms. The quantitative estimate of drug-likeness (QED) is 0.699. The van der Waals surface area contributed by atoms with E-state index in [1.165, 1.54) is 19.3 Å². The SMILES string of the molecule is CCCNC1(C(=O)OCC)CCCC(N(CC)C2CC2)C1. The Kier molecular flexibility index (Phi) is 6.06. The van der Waals surface area contributed by atoms with E-state index in [0.29, 0.717) is 12.6 Å². The van der Waals surface area contributed by atoms with Gasteiger partial charge in [0.1, 0.15) is 5.54 Å². The van der Waals surface area contributed by atoms with Crippen molar-refractivity contribution in [3.05, 3.63) is 0 Å². The van der Waals surface area contributed by atoms with Gasteiger partial charge < -0.3 is 10.1 Å². The highest BCUT2D eigenvalue weighted by Crippen LogP contribution is 2.37. The number of carbonyl (C=O) groups is 1. The number of carbonyl (C=O) groups excluding carboxylic acids is 1. The van der Waals surface area contributed by atoms with Crippen molar-refractivity contribution < 1.29 is 9.53 Å². The smallest absolute Gasteiger partial charge is 0.326 e. The Balaban J connectivity index is 2.08. The molecule has 2 unspecified atom stereocenters. The molecule has 2 aliphatic rings. The Morgan fingerprint density at radius 3 is 2.57 bits per heavy atom. The highest BCUT2D eigenvalue weighted by atomic mass is 16.5. The first kappa shape index (κ1) is 16.8. The largest absolute Gasteiger partial charge is 0.465 e. The fraction of sp³-hybridized carbons (Fsp3) is 0.941. The van der Waals surface area contributed by atoms with E-state index < -0.39 is 5.54 Å². The summed E-state index contributed by atoms with van der Waals surface area (Å²) in [4.78, 5) is 15.2. The molecule has 4 nitrogen and oxygen atoms in total. The van der Waals surface area contributed by atoms with Crippen LogP contribution in [0.1, 0.15) is 65.7 Å². The van der Waals surface area contributed by atoms with Crippen molar-refractivity contribution in [1.82, 2.24) is 10.2 Å². The van der Waals surface area contributed by atoms with Crippen LogP contribution in [0, 0.1) is 0 Å². The minimum absolute atomic E-state index is 0.0324. The van der Waals surface area contributed by atoms with Gasteiger partial charge in [0.15, 0.2) is 0 Å². The minimum Gasteiger partial charge on any atom is -0.465 e. The number of esters is 1. The molecule has 0 bridgehead atoms. The minimum atomic E-state index is -0.447. The zero-order valence-corrected chi connectivity index (χ0v) is 14.0. The lowest BCUT2D eigenvalue weighted by Crippen LogP contribution is -2.59. The molecule has 0 aliphatic heterocycles. The molecule has 2 aliphatic carbocycles. The normalized spacial score (nSPS) is 29.6. The van der Waals surface area contributed by atoms with Gasteiger partial charge >= 0.3 is 5.97 Å². The van der Waals surface area contributed by atoms with Crippen LogP contribution in [0.4, 0.5) is 0 Å². The van der Waals surface area contributed by atoms with Crippen LogP contribution < -0.4 is 5.32 Å². The number of nitrogens with zero attached hydrogens (tertiary/aromatic N) is 1. The van der Waals surface area contributed by atoms with Crippen molar-refractivity contribution in [2.24, 2.45) is 0 Å². The number of hydrogen-bond donors (Lipinski definition) is 1. The molecule has 2 saturated carbocycles. The van der Waals surface area contributed by atoms with Gasteiger partial charge in [-0.1, -0.05) is 13.8 Å². The number of nitrogens with one attached hydrogen (secondary N) is 1. The average Bonchev–Trinajstić information content (AvgIpc) is 3.31. The summed E-state index contributed by atoms with van der Waals surface area (Å²) in [6, 6.07) is 1.30. The van der Waals surface area contributed by atoms with Gasteiger partial charge in [0.05, 0.1) is 6.61 Å². The van der Waals surface area contributed by atoms with Crippen LogP contribution >= 0.6 is 0 Å². The summed E-state index contributed by atoms with van der Waals surface area (Å²) in [7, 11) is 0. The average molecular weight is 296 g/mol. The molecular weight excluding hydrogens is 264 g/mol. The highest BCUT2D eigenvalue weighted by molar-refractivity contribution is 5.81. The van der Waals surface area contributed by atoms with E-state index in [2.05, 4.69) is 24.1 Å². The first-order chi connectivity index (χ1) is 10.2. The lowest BCUT2D eigenvalue weighted by Gasteiger charge is -2.43. The Hall–Kier alpha value is -0.610. The molecule has 2 atom stereocenters. The van der Waals surface area contributed by atoms with E-state index in [1.54, 1.807) is 0 Å². The summed E-state index contributed by atoms with van der Waals surface area (Å²) >= 11 is 0. The highest BCUT2D eigenvalue weighted by Gasteiger charge is 2.46. The molecule has 0 aromatic rings. The summed E-state index contributed by atoms with van der Waals surface area (Å²) in [5, 5.41) is 3.54. The van der Waals surface area contributed by atoms with E-state index in [4.69, 9.17) is 4.74 Å². The maximum atomic E-state index is 12.6. The number of hydrogen-bond acceptors (Lipinski definition) is 4. The van der Waals surface area contributed by atoms with Crippen LogP contribution in [0.5, 0.6) is 0 Å². The molecule has 0 spiro atoms. The molecule has 0 radical (unpaired) electrons. The monoisotopic (exact) mass is 296 g/mol. The summed E-state index contributed by atoms with van der Waals surface area (Å²) in [5.74, 6) is -0.0324. The molecule has 0 heterocycles. The molecule has 122 valence electrons. The van der Waals surface area contributed by atoms with Gasteiger partial charge in [-0.25, -0.2) is 0 Å². The maximum absolute atomic E-state index is 12.6. The van der Waals surface area contributed by atoms with Crippen LogP contribution in [0.15, 0.2) is 0 Å². The fourth-order valence-electron chi connectivity index (χ4n) is 3.80. The van der Waals surface area contributed by atoms with Gasteiger partial charge in [0.2, 0.25) is 0 Å². The van der Waals surface area contributed by atoms with Gasteiger partial charge in [-0.2, -0.15) is 0 Å².